The van der Waals surface area contributed by atoms with Gasteiger partial charge in [0.05, 0.1) is 7.11 Å². The molecule has 82 valence electrons. The van der Waals surface area contributed by atoms with Gasteiger partial charge < -0.3 is 10.5 Å². The molecule has 0 radical (unpaired) electrons. The van der Waals surface area contributed by atoms with Crippen LogP contribution < -0.4 is 10.5 Å². The minimum atomic E-state index is -0.414. The van der Waals surface area contributed by atoms with Crippen molar-refractivity contribution < 1.29 is 9.13 Å². The molecule has 0 atom stereocenters. The van der Waals surface area contributed by atoms with Crippen LogP contribution in [0.5, 0.6) is 5.75 Å². The SMILES string of the molecule is COc1ccc(-c2cnccc2N)cc1F. The number of nitrogens with zero attached hydrogens (tertiary/aromatic N) is 1. The molecule has 3 nitrogen and oxygen atoms in total. The van der Waals surface area contributed by atoms with Crippen molar-refractivity contribution in [3.05, 3.63) is 42.5 Å². The standard InChI is InChI=1S/C12H11FN2O/c1-16-12-3-2-8(6-10(12)13)9-7-15-5-4-11(9)14/h2-7H,1H3,(H2,14,15). The fraction of sp³-hybridized carbons (Fsp3) is 0.0833. The molecule has 2 rings (SSSR count). The van der Waals surface area contributed by atoms with Gasteiger partial charge in [-0.1, -0.05) is 6.07 Å². The molecule has 0 saturated carbocycles. The molecule has 0 bridgehead atoms. The van der Waals surface area contributed by atoms with E-state index in [2.05, 4.69) is 4.98 Å². The van der Waals surface area contributed by atoms with Gasteiger partial charge in [0.2, 0.25) is 0 Å². The predicted molar refractivity (Wildman–Crippen MR) is 60.6 cm³/mol. The Morgan fingerprint density at radius 1 is 1.31 bits per heavy atom. The summed E-state index contributed by atoms with van der Waals surface area (Å²) >= 11 is 0. The molecule has 0 aliphatic heterocycles. The molecular formula is C12H11FN2O. The van der Waals surface area contributed by atoms with E-state index in [-0.39, 0.29) is 5.75 Å². The molecule has 2 N–H and O–H groups in total. The van der Waals surface area contributed by atoms with Crippen LogP contribution in [0, 0.1) is 5.82 Å². The maximum absolute atomic E-state index is 13.5. The second-order valence-electron chi connectivity index (χ2n) is 3.31. The molecule has 2 aromatic rings. The lowest BCUT2D eigenvalue weighted by Crippen LogP contribution is -1.93. The highest BCUT2D eigenvalue weighted by molar-refractivity contribution is 5.75. The van der Waals surface area contributed by atoms with Crippen LogP contribution in [0.4, 0.5) is 10.1 Å². The Labute approximate surface area is 92.7 Å². The van der Waals surface area contributed by atoms with Gasteiger partial charge in [-0.2, -0.15) is 0 Å². The Kier molecular flexibility index (Phi) is 2.72. The Balaban J connectivity index is 2.50. The fourth-order valence-corrected chi connectivity index (χ4v) is 1.48. The first-order valence-electron chi connectivity index (χ1n) is 4.76. The molecular weight excluding hydrogens is 207 g/mol. The van der Waals surface area contributed by atoms with Crippen molar-refractivity contribution in [2.75, 3.05) is 12.8 Å². The number of nitrogen functional groups attached to an aromatic ring is 1. The lowest BCUT2D eigenvalue weighted by molar-refractivity contribution is 0.386. The lowest BCUT2D eigenvalue weighted by Gasteiger charge is -2.07. The van der Waals surface area contributed by atoms with Crippen LogP contribution in [0.15, 0.2) is 36.7 Å². The summed E-state index contributed by atoms with van der Waals surface area (Å²) in [6, 6.07) is 6.37. The van der Waals surface area contributed by atoms with E-state index in [1.54, 1.807) is 30.6 Å². The number of anilines is 1. The number of methoxy groups -OCH3 is 1. The summed E-state index contributed by atoms with van der Waals surface area (Å²) in [6.07, 6.45) is 3.20. The summed E-state index contributed by atoms with van der Waals surface area (Å²) in [6.45, 7) is 0. The third-order valence-corrected chi connectivity index (χ3v) is 2.32. The first kappa shape index (κ1) is 10.4. The summed E-state index contributed by atoms with van der Waals surface area (Å²) in [5.74, 6) is -0.200. The van der Waals surface area contributed by atoms with Gasteiger partial charge in [0, 0.05) is 23.6 Å². The number of hydrogen-bond donors (Lipinski definition) is 1. The highest BCUT2D eigenvalue weighted by Gasteiger charge is 2.07. The zero-order valence-electron chi connectivity index (χ0n) is 8.77. The molecule has 16 heavy (non-hydrogen) atoms. The van der Waals surface area contributed by atoms with Crippen molar-refractivity contribution in [1.82, 2.24) is 4.98 Å². The number of benzene rings is 1. The van der Waals surface area contributed by atoms with E-state index >= 15 is 0 Å². The van der Waals surface area contributed by atoms with E-state index in [0.717, 1.165) is 0 Å². The Morgan fingerprint density at radius 3 is 2.75 bits per heavy atom. The molecule has 1 heterocycles. The summed E-state index contributed by atoms with van der Waals surface area (Å²) in [5.41, 5.74) is 7.74. The van der Waals surface area contributed by atoms with E-state index < -0.39 is 5.82 Å². The van der Waals surface area contributed by atoms with Crippen LogP contribution in [-0.4, -0.2) is 12.1 Å². The van der Waals surface area contributed by atoms with Gasteiger partial charge in [-0.25, -0.2) is 4.39 Å². The van der Waals surface area contributed by atoms with Crippen molar-refractivity contribution >= 4 is 5.69 Å². The predicted octanol–water partition coefficient (Wildman–Crippen LogP) is 2.48. The Bertz CT molecular complexity index is 514. The molecule has 1 aromatic heterocycles. The monoisotopic (exact) mass is 218 g/mol. The Morgan fingerprint density at radius 2 is 2.12 bits per heavy atom. The maximum Gasteiger partial charge on any atom is 0.165 e. The second kappa shape index (κ2) is 4.18. The number of rotatable bonds is 2. The number of halogens is 1. The van der Waals surface area contributed by atoms with Crippen LogP contribution >= 0.6 is 0 Å². The van der Waals surface area contributed by atoms with E-state index in [9.17, 15) is 4.39 Å². The Hall–Kier alpha value is -2.10. The van der Waals surface area contributed by atoms with Crippen LogP contribution in [0.2, 0.25) is 0 Å². The van der Waals surface area contributed by atoms with Crippen LogP contribution in [-0.2, 0) is 0 Å². The number of ether oxygens (including phenoxy) is 1. The molecule has 0 spiro atoms. The lowest BCUT2D eigenvalue weighted by atomic mass is 10.1. The van der Waals surface area contributed by atoms with Gasteiger partial charge in [-0.15, -0.1) is 0 Å². The van der Waals surface area contributed by atoms with Gasteiger partial charge in [0.25, 0.3) is 0 Å². The smallest absolute Gasteiger partial charge is 0.165 e. The highest BCUT2D eigenvalue weighted by atomic mass is 19.1. The van der Waals surface area contributed by atoms with Gasteiger partial charge in [0.1, 0.15) is 0 Å². The van der Waals surface area contributed by atoms with Crippen LogP contribution in [0.25, 0.3) is 11.1 Å². The zero-order valence-corrected chi connectivity index (χ0v) is 8.77. The van der Waals surface area contributed by atoms with E-state index in [1.807, 2.05) is 0 Å². The van der Waals surface area contributed by atoms with Gasteiger partial charge in [-0.3, -0.25) is 4.98 Å². The number of aromatic nitrogens is 1. The molecule has 0 amide bonds. The van der Waals surface area contributed by atoms with Gasteiger partial charge >= 0.3 is 0 Å². The molecule has 0 saturated heterocycles. The average molecular weight is 218 g/mol. The van der Waals surface area contributed by atoms with Crippen molar-refractivity contribution in [2.24, 2.45) is 0 Å². The topological polar surface area (TPSA) is 48.1 Å². The maximum atomic E-state index is 13.5. The average Bonchev–Trinajstić information content (AvgIpc) is 2.29. The van der Waals surface area contributed by atoms with Crippen molar-refractivity contribution in [1.29, 1.82) is 0 Å². The molecule has 0 fully saturated rings. The minimum absolute atomic E-state index is 0.214. The minimum Gasteiger partial charge on any atom is -0.494 e. The molecule has 4 heteroatoms. The van der Waals surface area contributed by atoms with E-state index in [1.165, 1.54) is 13.2 Å². The largest absolute Gasteiger partial charge is 0.494 e. The first-order valence-corrected chi connectivity index (χ1v) is 4.76. The van der Waals surface area contributed by atoms with E-state index in [0.29, 0.717) is 16.8 Å². The number of hydrogen-bond acceptors (Lipinski definition) is 3. The third-order valence-electron chi connectivity index (χ3n) is 2.32. The molecule has 0 aliphatic carbocycles. The van der Waals surface area contributed by atoms with Crippen molar-refractivity contribution in [2.45, 2.75) is 0 Å². The van der Waals surface area contributed by atoms with Gasteiger partial charge in [-0.05, 0) is 23.8 Å². The first-order chi connectivity index (χ1) is 7.72. The summed E-state index contributed by atoms with van der Waals surface area (Å²) in [4.78, 5) is 3.96. The normalized spacial score (nSPS) is 10.1. The molecule has 0 aliphatic rings. The third kappa shape index (κ3) is 1.82. The quantitative estimate of drug-likeness (QED) is 0.842. The molecule has 0 unspecified atom stereocenters. The number of pyridine rings is 1. The summed E-state index contributed by atoms with van der Waals surface area (Å²) < 4.78 is 18.3. The van der Waals surface area contributed by atoms with Gasteiger partial charge in [0.15, 0.2) is 11.6 Å². The van der Waals surface area contributed by atoms with E-state index in [4.69, 9.17) is 10.5 Å². The van der Waals surface area contributed by atoms with Crippen LogP contribution in [0.1, 0.15) is 0 Å². The van der Waals surface area contributed by atoms with Crippen molar-refractivity contribution in [3.63, 3.8) is 0 Å². The molecule has 1 aromatic carbocycles. The second-order valence-corrected chi connectivity index (χ2v) is 3.31. The zero-order chi connectivity index (χ0) is 11.5. The van der Waals surface area contributed by atoms with Crippen molar-refractivity contribution in [3.8, 4) is 16.9 Å². The highest BCUT2D eigenvalue weighted by Crippen LogP contribution is 2.28. The fourth-order valence-electron chi connectivity index (χ4n) is 1.48. The summed E-state index contributed by atoms with van der Waals surface area (Å²) in [7, 11) is 1.43. The summed E-state index contributed by atoms with van der Waals surface area (Å²) in [5, 5.41) is 0. The van der Waals surface area contributed by atoms with Crippen LogP contribution in [0.3, 0.4) is 0 Å². The number of nitrogens with two attached hydrogens (primary N) is 1.